The molecule has 1 aliphatic heterocycles. The molecule has 0 aliphatic carbocycles. The van der Waals surface area contributed by atoms with Crippen LogP contribution in [0.1, 0.15) is 52.7 Å². The van der Waals surface area contributed by atoms with Crippen molar-refractivity contribution in [3.8, 4) is 5.75 Å². The lowest BCUT2D eigenvalue weighted by Gasteiger charge is -2.33. The van der Waals surface area contributed by atoms with Crippen molar-refractivity contribution >= 4 is 22.9 Å². The molecule has 28 heavy (non-hydrogen) atoms. The number of ether oxygens (including phenoxy) is 3. The molecule has 3 rings (SSSR count). The normalized spacial score (nSPS) is 18.6. The zero-order chi connectivity index (χ0) is 20.6. The van der Waals surface area contributed by atoms with Gasteiger partial charge in [-0.1, -0.05) is 20.8 Å². The van der Waals surface area contributed by atoms with Crippen LogP contribution in [-0.4, -0.2) is 23.6 Å². The van der Waals surface area contributed by atoms with E-state index in [4.69, 9.17) is 18.6 Å². The Morgan fingerprint density at radius 1 is 1.21 bits per heavy atom. The van der Waals surface area contributed by atoms with Crippen LogP contribution in [0.5, 0.6) is 5.75 Å². The maximum Gasteiger partial charge on any atom is 0.336 e. The van der Waals surface area contributed by atoms with Crippen LogP contribution in [0.3, 0.4) is 0 Å². The van der Waals surface area contributed by atoms with E-state index in [2.05, 4.69) is 0 Å². The standard InChI is InChI=1S/C21H24O7/c1-6-16(22)28-21(4,5)19-18(27-20(24)11(2)3)13-9-12-7-8-17(23)25-14(12)10-15(13)26-19/h7-11,18-19H,6H2,1-5H3/t18-,19+/m0/s1. The van der Waals surface area contributed by atoms with E-state index in [1.54, 1.807) is 52.8 Å². The van der Waals surface area contributed by atoms with Gasteiger partial charge in [-0.3, -0.25) is 9.59 Å². The van der Waals surface area contributed by atoms with E-state index in [9.17, 15) is 14.4 Å². The van der Waals surface area contributed by atoms with Crippen LogP contribution in [0, 0.1) is 5.92 Å². The second-order valence-corrected chi connectivity index (χ2v) is 7.66. The van der Waals surface area contributed by atoms with Crippen LogP contribution in [0.25, 0.3) is 11.0 Å². The number of hydrogen-bond donors (Lipinski definition) is 0. The highest BCUT2D eigenvalue weighted by atomic mass is 16.6. The van der Waals surface area contributed by atoms with Crippen LogP contribution in [0.2, 0.25) is 0 Å². The summed E-state index contributed by atoms with van der Waals surface area (Å²) in [6.45, 7) is 8.62. The van der Waals surface area contributed by atoms with Crippen molar-refractivity contribution in [3.63, 3.8) is 0 Å². The molecular weight excluding hydrogens is 364 g/mol. The Labute approximate surface area is 162 Å². The van der Waals surface area contributed by atoms with Gasteiger partial charge in [0.15, 0.2) is 12.2 Å². The summed E-state index contributed by atoms with van der Waals surface area (Å²) < 4.78 is 22.6. The quantitative estimate of drug-likeness (QED) is 0.571. The number of rotatable bonds is 5. The topological polar surface area (TPSA) is 92.0 Å². The Bertz CT molecular complexity index is 970. The first kappa shape index (κ1) is 19.9. The van der Waals surface area contributed by atoms with Gasteiger partial charge < -0.3 is 18.6 Å². The van der Waals surface area contributed by atoms with Gasteiger partial charge in [-0.05, 0) is 26.0 Å². The van der Waals surface area contributed by atoms with Gasteiger partial charge in [0.05, 0.1) is 5.92 Å². The van der Waals surface area contributed by atoms with E-state index < -0.39 is 23.4 Å². The molecule has 0 saturated heterocycles. The summed E-state index contributed by atoms with van der Waals surface area (Å²) in [5.41, 5.74) is -0.520. The third-order valence-corrected chi connectivity index (χ3v) is 4.65. The molecule has 0 bridgehead atoms. The van der Waals surface area contributed by atoms with Crippen molar-refractivity contribution < 1.29 is 28.2 Å². The van der Waals surface area contributed by atoms with E-state index in [1.165, 1.54) is 6.07 Å². The Balaban J connectivity index is 2.06. The summed E-state index contributed by atoms with van der Waals surface area (Å²) in [5.74, 6) is -0.670. The molecule has 7 heteroatoms. The third kappa shape index (κ3) is 3.74. The smallest absolute Gasteiger partial charge is 0.336 e. The number of hydrogen-bond acceptors (Lipinski definition) is 7. The maximum atomic E-state index is 12.3. The predicted molar refractivity (Wildman–Crippen MR) is 101 cm³/mol. The number of benzene rings is 1. The summed E-state index contributed by atoms with van der Waals surface area (Å²) in [7, 11) is 0. The minimum Gasteiger partial charge on any atom is -0.481 e. The first-order chi connectivity index (χ1) is 13.1. The highest BCUT2D eigenvalue weighted by molar-refractivity contribution is 5.80. The van der Waals surface area contributed by atoms with E-state index in [0.717, 1.165) is 0 Å². The van der Waals surface area contributed by atoms with Crippen LogP contribution in [0.4, 0.5) is 0 Å². The number of carbonyl (C=O) groups excluding carboxylic acids is 2. The largest absolute Gasteiger partial charge is 0.481 e. The molecule has 2 aromatic rings. The summed E-state index contributed by atoms with van der Waals surface area (Å²) in [6.07, 6.45) is -1.29. The lowest BCUT2D eigenvalue weighted by atomic mass is 9.93. The van der Waals surface area contributed by atoms with Gasteiger partial charge in [-0.15, -0.1) is 0 Å². The molecule has 2 heterocycles. The second-order valence-electron chi connectivity index (χ2n) is 7.66. The molecule has 0 amide bonds. The molecule has 7 nitrogen and oxygen atoms in total. The summed E-state index contributed by atoms with van der Waals surface area (Å²) in [4.78, 5) is 35.7. The molecular formula is C21H24O7. The molecule has 1 aromatic carbocycles. The van der Waals surface area contributed by atoms with Crippen LogP contribution in [-0.2, 0) is 19.1 Å². The summed E-state index contributed by atoms with van der Waals surface area (Å²) >= 11 is 0. The number of carbonyl (C=O) groups is 2. The highest BCUT2D eigenvalue weighted by Crippen LogP contribution is 2.45. The first-order valence-electron chi connectivity index (χ1n) is 9.29. The van der Waals surface area contributed by atoms with Crippen molar-refractivity contribution in [3.05, 3.63) is 40.2 Å². The summed E-state index contributed by atoms with van der Waals surface area (Å²) in [6, 6.07) is 6.33. The Hall–Kier alpha value is -2.83. The highest BCUT2D eigenvalue weighted by Gasteiger charge is 2.49. The minimum atomic E-state index is -1.05. The lowest BCUT2D eigenvalue weighted by molar-refractivity contribution is -0.178. The second kappa shape index (κ2) is 7.30. The van der Waals surface area contributed by atoms with Gasteiger partial charge >= 0.3 is 17.6 Å². The van der Waals surface area contributed by atoms with Crippen molar-refractivity contribution in [2.75, 3.05) is 0 Å². The van der Waals surface area contributed by atoms with Gasteiger partial charge in [-0.25, -0.2) is 4.79 Å². The molecule has 1 aromatic heterocycles. The van der Waals surface area contributed by atoms with Crippen molar-refractivity contribution in [2.45, 2.75) is 58.8 Å². The number of esters is 2. The van der Waals surface area contributed by atoms with E-state index in [-0.39, 0.29) is 24.3 Å². The average molecular weight is 388 g/mol. The average Bonchev–Trinajstić information content (AvgIpc) is 2.97. The van der Waals surface area contributed by atoms with Crippen LogP contribution < -0.4 is 10.4 Å². The molecule has 0 spiro atoms. The molecule has 0 saturated carbocycles. The van der Waals surface area contributed by atoms with Crippen LogP contribution in [0.15, 0.2) is 33.5 Å². The summed E-state index contributed by atoms with van der Waals surface area (Å²) in [5, 5.41) is 0.677. The van der Waals surface area contributed by atoms with Gasteiger partial charge in [0.1, 0.15) is 16.9 Å². The van der Waals surface area contributed by atoms with E-state index in [0.29, 0.717) is 22.3 Å². The molecule has 150 valence electrons. The van der Waals surface area contributed by atoms with Gasteiger partial charge in [0.2, 0.25) is 0 Å². The number of fused-ring (bicyclic) bond motifs is 2. The van der Waals surface area contributed by atoms with E-state index >= 15 is 0 Å². The molecule has 0 radical (unpaired) electrons. The van der Waals surface area contributed by atoms with Crippen molar-refractivity contribution in [2.24, 2.45) is 5.92 Å². The Morgan fingerprint density at radius 3 is 2.57 bits per heavy atom. The SMILES string of the molecule is CCC(=O)OC(C)(C)[C@@H]1Oc2cc3oc(=O)ccc3cc2[C@@H]1OC(=O)C(C)C. The van der Waals surface area contributed by atoms with Gasteiger partial charge in [0, 0.05) is 29.5 Å². The fourth-order valence-electron chi connectivity index (χ4n) is 3.12. The third-order valence-electron chi connectivity index (χ3n) is 4.65. The fourth-order valence-corrected chi connectivity index (χ4v) is 3.12. The predicted octanol–water partition coefficient (Wildman–Crippen LogP) is 3.53. The maximum absolute atomic E-state index is 12.3. The van der Waals surface area contributed by atoms with Gasteiger partial charge in [-0.2, -0.15) is 0 Å². The monoisotopic (exact) mass is 388 g/mol. The van der Waals surface area contributed by atoms with Gasteiger partial charge in [0.25, 0.3) is 0 Å². The zero-order valence-corrected chi connectivity index (χ0v) is 16.6. The Kier molecular flexibility index (Phi) is 5.19. The lowest BCUT2D eigenvalue weighted by Crippen LogP contribution is -2.46. The van der Waals surface area contributed by atoms with Crippen molar-refractivity contribution in [1.29, 1.82) is 0 Å². The Morgan fingerprint density at radius 2 is 1.93 bits per heavy atom. The van der Waals surface area contributed by atoms with E-state index in [1.807, 2.05) is 0 Å². The minimum absolute atomic E-state index is 0.217. The molecule has 1 aliphatic rings. The molecule has 2 atom stereocenters. The van der Waals surface area contributed by atoms with Crippen molar-refractivity contribution in [1.82, 2.24) is 0 Å². The van der Waals surface area contributed by atoms with Crippen LogP contribution >= 0.6 is 0 Å². The first-order valence-corrected chi connectivity index (χ1v) is 9.29. The molecule has 0 N–H and O–H groups in total. The molecule has 0 fully saturated rings. The zero-order valence-electron chi connectivity index (χ0n) is 16.6. The fraction of sp³-hybridized carbons (Fsp3) is 0.476. The molecule has 0 unspecified atom stereocenters.